The van der Waals surface area contributed by atoms with Crippen molar-refractivity contribution in [1.29, 1.82) is 0 Å². The third-order valence-corrected chi connectivity index (χ3v) is 10.1. The Morgan fingerprint density at radius 1 is 0.717 bits per heavy atom. The van der Waals surface area contributed by atoms with E-state index in [1.165, 1.54) is 19.3 Å². The van der Waals surface area contributed by atoms with Gasteiger partial charge in [-0.15, -0.1) is 0 Å². The molecule has 2 aromatic carbocycles. The van der Waals surface area contributed by atoms with Crippen molar-refractivity contribution in [2.45, 2.75) is 64.2 Å². The first kappa shape index (κ1) is 32.6. The fourth-order valence-corrected chi connectivity index (χ4v) is 6.92. The first-order valence-corrected chi connectivity index (χ1v) is 16.6. The number of aliphatic hydroxyl groups is 1. The van der Waals surface area contributed by atoms with Crippen LogP contribution >= 0.6 is 23.2 Å². The molecule has 4 aromatic rings. The molecule has 242 valence electrons. The Bertz CT molecular complexity index is 1550. The Morgan fingerprint density at radius 3 is 1.57 bits per heavy atom. The molecule has 11 heteroatoms. The van der Waals surface area contributed by atoms with Crippen molar-refractivity contribution in [1.82, 2.24) is 30.6 Å². The first-order valence-electron chi connectivity index (χ1n) is 15.9. The number of hydrogen-bond acceptors (Lipinski definition) is 9. The Hall–Kier alpha value is -3.34. The molecule has 3 N–H and O–H groups in total. The summed E-state index contributed by atoms with van der Waals surface area (Å²) in [5, 5.41) is 17.3. The summed E-state index contributed by atoms with van der Waals surface area (Å²) in [6.07, 6.45) is 9.00. The van der Waals surface area contributed by atoms with Gasteiger partial charge in [0.1, 0.15) is 11.4 Å². The summed E-state index contributed by atoms with van der Waals surface area (Å²) >= 11 is 14.1. The van der Waals surface area contributed by atoms with Gasteiger partial charge < -0.3 is 25.2 Å². The van der Waals surface area contributed by atoms with Crippen LogP contribution in [0.4, 0.5) is 0 Å². The quantitative estimate of drug-likeness (QED) is 0.143. The van der Waals surface area contributed by atoms with Crippen LogP contribution in [0.1, 0.15) is 50.4 Å². The number of benzene rings is 2. The summed E-state index contributed by atoms with van der Waals surface area (Å²) in [5.74, 6) is 2.12. The topological polar surface area (TPSA) is 114 Å². The maximum Gasteiger partial charge on any atom is 0.237 e. The van der Waals surface area contributed by atoms with Crippen LogP contribution in [-0.4, -0.2) is 58.0 Å². The van der Waals surface area contributed by atoms with Gasteiger partial charge in [-0.3, -0.25) is 9.97 Å². The van der Waals surface area contributed by atoms with E-state index in [0.717, 1.165) is 41.1 Å². The van der Waals surface area contributed by atoms with E-state index in [0.29, 0.717) is 75.5 Å². The standard InChI is InChI=1S/C35H40Cl2N6O3/c1-4-20-11-22(12-20)38-17-30-34(45-2)42-28(15-40-30)26-9-5-7-24(32(26)36)25-8-6-10-27(33(25)37)29-16-41-31(35(43-29)46-3)18-39-23-13-21(14-23)19-44/h5-10,15-16,20-23,38-39,44H,4,11-14,17-19H2,1-3H3. The van der Waals surface area contributed by atoms with E-state index in [-0.39, 0.29) is 6.61 Å². The lowest BCUT2D eigenvalue weighted by Gasteiger charge is -2.35. The largest absolute Gasteiger partial charge is 0.480 e. The Kier molecular flexibility index (Phi) is 10.4. The number of rotatable bonds is 13. The van der Waals surface area contributed by atoms with Gasteiger partial charge >= 0.3 is 0 Å². The van der Waals surface area contributed by atoms with Gasteiger partial charge in [-0.05, 0) is 37.5 Å². The van der Waals surface area contributed by atoms with Crippen molar-refractivity contribution in [3.63, 3.8) is 0 Å². The minimum Gasteiger partial charge on any atom is -0.480 e. The van der Waals surface area contributed by atoms with E-state index in [9.17, 15) is 5.11 Å². The van der Waals surface area contributed by atoms with Crippen molar-refractivity contribution >= 4 is 23.2 Å². The van der Waals surface area contributed by atoms with Gasteiger partial charge in [-0.2, -0.15) is 0 Å². The second kappa shape index (κ2) is 14.6. The number of ether oxygens (including phenoxy) is 2. The van der Waals surface area contributed by atoms with Crippen molar-refractivity contribution in [2.24, 2.45) is 11.8 Å². The van der Waals surface area contributed by atoms with Gasteiger partial charge in [-0.25, -0.2) is 9.97 Å². The van der Waals surface area contributed by atoms with Gasteiger partial charge in [0, 0.05) is 54.0 Å². The number of nitrogens with zero attached hydrogens (tertiary/aromatic N) is 4. The zero-order chi connectivity index (χ0) is 32.2. The summed E-state index contributed by atoms with van der Waals surface area (Å²) in [6.45, 7) is 3.61. The molecular formula is C35H40Cl2N6O3. The van der Waals surface area contributed by atoms with Crippen molar-refractivity contribution in [3.8, 4) is 45.4 Å². The van der Waals surface area contributed by atoms with Crippen LogP contribution in [0.3, 0.4) is 0 Å². The molecule has 9 nitrogen and oxygen atoms in total. The molecule has 2 aromatic heterocycles. The third-order valence-electron chi connectivity index (χ3n) is 9.27. The van der Waals surface area contributed by atoms with Crippen LogP contribution in [0, 0.1) is 11.8 Å². The summed E-state index contributed by atoms with van der Waals surface area (Å²) in [5.41, 5.74) is 5.65. The van der Waals surface area contributed by atoms with Crippen LogP contribution in [0.15, 0.2) is 48.8 Å². The van der Waals surface area contributed by atoms with Gasteiger partial charge in [0.15, 0.2) is 0 Å². The molecule has 0 bridgehead atoms. The van der Waals surface area contributed by atoms with Crippen molar-refractivity contribution < 1.29 is 14.6 Å². The molecule has 0 aliphatic heterocycles. The molecule has 2 saturated carbocycles. The Balaban J connectivity index is 1.22. The summed E-state index contributed by atoms with van der Waals surface area (Å²) in [6, 6.07) is 12.4. The number of methoxy groups -OCH3 is 2. The van der Waals surface area contributed by atoms with E-state index < -0.39 is 0 Å². The molecule has 46 heavy (non-hydrogen) atoms. The highest BCUT2D eigenvalue weighted by atomic mass is 35.5. The number of hydrogen-bond donors (Lipinski definition) is 3. The molecule has 2 aliphatic carbocycles. The lowest BCUT2D eigenvalue weighted by molar-refractivity contribution is 0.126. The maximum atomic E-state index is 9.28. The SMILES string of the molecule is CCC1CC(NCc2ncc(-c3cccc(-c4cccc(-c5cnc(CNC6CC(CO)C6)c(OC)n5)c4Cl)c3Cl)nc2OC)C1. The van der Waals surface area contributed by atoms with Crippen LogP contribution in [0.5, 0.6) is 11.8 Å². The summed E-state index contributed by atoms with van der Waals surface area (Å²) in [4.78, 5) is 18.9. The van der Waals surface area contributed by atoms with Gasteiger partial charge in [0.25, 0.3) is 0 Å². The number of halogens is 2. The van der Waals surface area contributed by atoms with Crippen LogP contribution < -0.4 is 20.1 Å². The minimum atomic E-state index is 0.235. The summed E-state index contributed by atoms with van der Waals surface area (Å²) in [7, 11) is 3.20. The highest BCUT2D eigenvalue weighted by Crippen LogP contribution is 2.42. The number of aromatic nitrogens is 4. The van der Waals surface area contributed by atoms with Gasteiger partial charge in [0.05, 0.1) is 48.0 Å². The number of nitrogens with one attached hydrogen (secondary N) is 2. The second-order valence-electron chi connectivity index (χ2n) is 12.2. The Labute approximate surface area is 280 Å². The summed E-state index contributed by atoms with van der Waals surface area (Å²) < 4.78 is 11.2. The molecule has 0 atom stereocenters. The van der Waals surface area contributed by atoms with Crippen LogP contribution in [-0.2, 0) is 13.1 Å². The average molecular weight is 664 g/mol. The number of aliphatic hydroxyl groups excluding tert-OH is 1. The molecular weight excluding hydrogens is 623 g/mol. The minimum absolute atomic E-state index is 0.235. The zero-order valence-electron chi connectivity index (χ0n) is 26.4. The molecule has 2 heterocycles. The molecule has 2 fully saturated rings. The smallest absolute Gasteiger partial charge is 0.237 e. The molecule has 6 rings (SSSR count). The predicted molar refractivity (Wildman–Crippen MR) is 181 cm³/mol. The van der Waals surface area contributed by atoms with Crippen molar-refractivity contribution in [2.75, 3.05) is 20.8 Å². The van der Waals surface area contributed by atoms with E-state index in [4.69, 9.17) is 47.6 Å². The van der Waals surface area contributed by atoms with Crippen molar-refractivity contribution in [3.05, 3.63) is 70.2 Å². The third kappa shape index (κ3) is 6.85. The van der Waals surface area contributed by atoms with Gasteiger partial charge in [0.2, 0.25) is 11.8 Å². The van der Waals surface area contributed by atoms with E-state index in [1.54, 1.807) is 26.6 Å². The van der Waals surface area contributed by atoms with Gasteiger partial charge in [-0.1, -0.05) is 72.9 Å². The molecule has 0 saturated heterocycles. The lowest BCUT2D eigenvalue weighted by Crippen LogP contribution is -2.42. The zero-order valence-corrected chi connectivity index (χ0v) is 27.9. The lowest BCUT2D eigenvalue weighted by atomic mass is 9.79. The van der Waals surface area contributed by atoms with E-state index >= 15 is 0 Å². The Morgan fingerprint density at radius 2 is 1.15 bits per heavy atom. The molecule has 0 amide bonds. The van der Waals surface area contributed by atoms with Crippen LogP contribution in [0.25, 0.3) is 33.6 Å². The highest BCUT2D eigenvalue weighted by molar-refractivity contribution is 6.39. The average Bonchev–Trinajstić information content (AvgIpc) is 3.04. The molecule has 0 spiro atoms. The molecule has 0 unspecified atom stereocenters. The molecule has 0 radical (unpaired) electrons. The van der Waals surface area contributed by atoms with E-state index in [2.05, 4.69) is 22.5 Å². The molecule has 2 aliphatic rings. The monoisotopic (exact) mass is 662 g/mol. The second-order valence-corrected chi connectivity index (χ2v) is 12.9. The van der Waals surface area contributed by atoms with Crippen LogP contribution in [0.2, 0.25) is 10.0 Å². The maximum absolute atomic E-state index is 9.28. The van der Waals surface area contributed by atoms with E-state index in [1.807, 2.05) is 36.4 Å². The fraction of sp³-hybridized carbons (Fsp3) is 0.429. The normalized spacial score (nSPS) is 20.6. The highest BCUT2D eigenvalue weighted by Gasteiger charge is 2.29. The fourth-order valence-electron chi connectivity index (χ4n) is 6.27. The predicted octanol–water partition coefficient (Wildman–Crippen LogP) is 6.73. The first-order chi connectivity index (χ1) is 22.4.